The normalized spacial score (nSPS) is 10.0. The third kappa shape index (κ3) is 2.15. The standard InChI is InChI=1S/C13H13NO3/c1-16-12-5-3-4-10(13(12)17-2)11-8-9(15)6-7-14-11/h3-8H,1-2H3,(H,14,15). The molecule has 0 aliphatic heterocycles. The van der Waals surface area contributed by atoms with Crippen molar-refractivity contribution < 1.29 is 9.47 Å². The molecule has 0 radical (unpaired) electrons. The van der Waals surface area contributed by atoms with Crippen LogP contribution in [0, 0.1) is 0 Å². The highest BCUT2D eigenvalue weighted by Crippen LogP contribution is 2.36. The minimum atomic E-state index is -0.0522. The zero-order valence-electron chi connectivity index (χ0n) is 9.69. The molecule has 4 nitrogen and oxygen atoms in total. The number of nitrogens with one attached hydrogen (secondary N) is 1. The van der Waals surface area contributed by atoms with Crippen LogP contribution in [0.1, 0.15) is 0 Å². The van der Waals surface area contributed by atoms with Crippen molar-refractivity contribution in [2.45, 2.75) is 0 Å². The predicted octanol–water partition coefficient (Wildman–Crippen LogP) is 2.06. The summed E-state index contributed by atoms with van der Waals surface area (Å²) in [4.78, 5) is 14.3. The van der Waals surface area contributed by atoms with E-state index in [9.17, 15) is 4.79 Å². The van der Waals surface area contributed by atoms with Crippen molar-refractivity contribution in [3.8, 4) is 22.8 Å². The van der Waals surface area contributed by atoms with Gasteiger partial charge >= 0.3 is 0 Å². The van der Waals surface area contributed by atoms with Gasteiger partial charge in [0.15, 0.2) is 16.9 Å². The first kappa shape index (κ1) is 11.3. The smallest absolute Gasteiger partial charge is 0.182 e. The van der Waals surface area contributed by atoms with Crippen LogP contribution in [-0.2, 0) is 0 Å². The number of aromatic amines is 1. The maximum absolute atomic E-state index is 11.3. The molecule has 0 saturated carbocycles. The second kappa shape index (κ2) is 4.74. The maximum atomic E-state index is 11.3. The Morgan fingerprint density at radius 2 is 1.94 bits per heavy atom. The topological polar surface area (TPSA) is 51.3 Å². The zero-order chi connectivity index (χ0) is 12.3. The molecule has 0 fully saturated rings. The van der Waals surface area contributed by atoms with E-state index < -0.39 is 0 Å². The highest BCUT2D eigenvalue weighted by atomic mass is 16.5. The Balaban J connectivity index is 2.63. The summed E-state index contributed by atoms with van der Waals surface area (Å²) in [6.07, 6.45) is 1.61. The monoisotopic (exact) mass is 231 g/mol. The predicted molar refractivity (Wildman–Crippen MR) is 65.6 cm³/mol. The van der Waals surface area contributed by atoms with Gasteiger partial charge in [-0.15, -0.1) is 0 Å². The summed E-state index contributed by atoms with van der Waals surface area (Å²) in [5.74, 6) is 1.24. The highest BCUT2D eigenvalue weighted by molar-refractivity contribution is 5.70. The quantitative estimate of drug-likeness (QED) is 0.879. The van der Waals surface area contributed by atoms with Crippen molar-refractivity contribution in [3.05, 3.63) is 46.8 Å². The molecule has 0 unspecified atom stereocenters. The third-order valence-corrected chi connectivity index (χ3v) is 2.47. The van der Waals surface area contributed by atoms with Gasteiger partial charge in [0.05, 0.1) is 19.9 Å². The van der Waals surface area contributed by atoms with E-state index in [1.165, 1.54) is 12.1 Å². The van der Waals surface area contributed by atoms with E-state index >= 15 is 0 Å². The molecular formula is C13H13NO3. The van der Waals surface area contributed by atoms with E-state index in [1.807, 2.05) is 18.2 Å². The molecule has 88 valence electrons. The van der Waals surface area contributed by atoms with E-state index in [1.54, 1.807) is 20.4 Å². The summed E-state index contributed by atoms with van der Waals surface area (Å²) >= 11 is 0. The van der Waals surface area contributed by atoms with Crippen LogP contribution in [0.4, 0.5) is 0 Å². The molecule has 0 atom stereocenters. The summed E-state index contributed by atoms with van der Waals surface area (Å²) in [5.41, 5.74) is 1.45. The van der Waals surface area contributed by atoms with E-state index in [0.29, 0.717) is 17.2 Å². The average Bonchev–Trinajstić information content (AvgIpc) is 2.37. The fourth-order valence-corrected chi connectivity index (χ4v) is 1.70. The Morgan fingerprint density at radius 3 is 2.59 bits per heavy atom. The molecule has 1 heterocycles. The molecule has 0 spiro atoms. The molecular weight excluding hydrogens is 218 g/mol. The van der Waals surface area contributed by atoms with Gasteiger partial charge in [0.2, 0.25) is 0 Å². The minimum Gasteiger partial charge on any atom is -0.493 e. The Hall–Kier alpha value is -2.23. The Bertz CT molecular complexity index is 575. The van der Waals surface area contributed by atoms with Crippen LogP contribution in [0.15, 0.2) is 41.3 Å². The van der Waals surface area contributed by atoms with Crippen LogP contribution in [0.2, 0.25) is 0 Å². The summed E-state index contributed by atoms with van der Waals surface area (Å²) in [6, 6.07) is 8.52. The van der Waals surface area contributed by atoms with Gasteiger partial charge in [-0.3, -0.25) is 4.79 Å². The van der Waals surface area contributed by atoms with E-state index in [4.69, 9.17) is 9.47 Å². The molecule has 0 aliphatic carbocycles. The van der Waals surface area contributed by atoms with E-state index in [-0.39, 0.29) is 5.43 Å². The first-order chi connectivity index (χ1) is 8.26. The number of rotatable bonds is 3. The summed E-state index contributed by atoms with van der Waals surface area (Å²) in [6.45, 7) is 0. The van der Waals surface area contributed by atoms with Crippen LogP contribution in [0.25, 0.3) is 11.3 Å². The van der Waals surface area contributed by atoms with Gasteiger partial charge in [0.25, 0.3) is 0 Å². The SMILES string of the molecule is COc1cccc(-c2cc(=O)cc[nH]2)c1OC. The zero-order valence-corrected chi connectivity index (χ0v) is 9.69. The van der Waals surface area contributed by atoms with Gasteiger partial charge in [0, 0.05) is 23.9 Å². The number of H-pyrrole nitrogens is 1. The van der Waals surface area contributed by atoms with E-state index in [0.717, 1.165) is 5.56 Å². The van der Waals surface area contributed by atoms with Gasteiger partial charge < -0.3 is 14.5 Å². The largest absolute Gasteiger partial charge is 0.493 e. The molecule has 1 aromatic carbocycles. The van der Waals surface area contributed by atoms with Crippen LogP contribution in [0.3, 0.4) is 0 Å². The molecule has 0 bridgehead atoms. The molecule has 0 saturated heterocycles. The van der Waals surface area contributed by atoms with Crippen molar-refractivity contribution in [2.24, 2.45) is 0 Å². The van der Waals surface area contributed by atoms with Gasteiger partial charge in [-0.2, -0.15) is 0 Å². The molecule has 2 rings (SSSR count). The maximum Gasteiger partial charge on any atom is 0.182 e. The number of hydrogen-bond acceptors (Lipinski definition) is 3. The third-order valence-electron chi connectivity index (χ3n) is 2.47. The summed E-state index contributed by atoms with van der Waals surface area (Å²) in [7, 11) is 3.15. The van der Waals surface area contributed by atoms with E-state index in [2.05, 4.69) is 4.98 Å². The van der Waals surface area contributed by atoms with Crippen molar-refractivity contribution in [1.29, 1.82) is 0 Å². The van der Waals surface area contributed by atoms with Gasteiger partial charge in [-0.1, -0.05) is 6.07 Å². The van der Waals surface area contributed by atoms with Crippen molar-refractivity contribution in [3.63, 3.8) is 0 Å². The lowest BCUT2D eigenvalue weighted by molar-refractivity contribution is 0.356. The molecule has 0 amide bonds. The second-order valence-electron chi connectivity index (χ2n) is 3.48. The van der Waals surface area contributed by atoms with Crippen LogP contribution < -0.4 is 14.9 Å². The van der Waals surface area contributed by atoms with Crippen LogP contribution in [0.5, 0.6) is 11.5 Å². The average molecular weight is 231 g/mol. The van der Waals surface area contributed by atoms with Crippen LogP contribution in [-0.4, -0.2) is 19.2 Å². The lowest BCUT2D eigenvalue weighted by Gasteiger charge is -2.12. The van der Waals surface area contributed by atoms with Crippen LogP contribution >= 0.6 is 0 Å². The van der Waals surface area contributed by atoms with Gasteiger partial charge in [0.1, 0.15) is 0 Å². The summed E-state index contributed by atoms with van der Waals surface area (Å²) < 4.78 is 10.5. The number of para-hydroxylation sites is 1. The van der Waals surface area contributed by atoms with Crippen molar-refractivity contribution in [2.75, 3.05) is 14.2 Å². The fraction of sp³-hybridized carbons (Fsp3) is 0.154. The fourth-order valence-electron chi connectivity index (χ4n) is 1.70. The number of methoxy groups -OCH3 is 2. The Kier molecular flexibility index (Phi) is 3.14. The van der Waals surface area contributed by atoms with Crippen molar-refractivity contribution in [1.82, 2.24) is 4.98 Å². The van der Waals surface area contributed by atoms with Gasteiger partial charge in [-0.25, -0.2) is 0 Å². The lowest BCUT2D eigenvalue weighted by Crippen LogP contribution is -2.00. The molecule has 2 aromatic rings. The first-order valence-electron chi connectivity index (χ1n) is 5.16. The highest BCUT2D eigenvalue weighted by Gasteiger charge is 2.11. The molecule has 1 aromatic heterocycles. The molecule has 1 N–H and O–H groups in total. The second-order valence-corrected chi connectivity index (χ2v) is 3.48. The number of pyridine rings is 1. The molecule has 17 heavy (non-hydrogen) atoms. The minimum absolute atomic E-state index is 0.0522. The molecule has 0 aliphatic rings. The lowest BCUT2D eigenvalue weighted by atomic mass is 10.1. The number of aromatic nitrogens is 1. The number of hydrogen-bond donors (Lipinski definition) is 1. The molecule has 4 heteroatoms. The Morgan fingerprint density at radius 1 is 1.12 bits per heavy atom. The number of benzene rings is 1. The number of ether oxygens (including phenoxy) is 2. The summed E-state index contributed by atoms with van der Waals surface area (Å²) in [5, 5.41) is 0. The Labute approximate surface area is 98.8 Å². The van der Waals surface area contributed by atoms with Gasteiger partial charge in [-0.05, 0) is 12.1 Å². The van der Waals surface area contributed by atoms with Crippen molar-refractivity contribution >= 4 is 0 Å². The first-order valence-corrected chi connectivity index (χ1v) is 5.16.